The summed E-state index contributed by atoms with van der Waals surface area (Å²) >= 11 is 0. The SMILES string of the molecule is CC.CC1CCCN1C(=O)OC(C)(C)C.CCCc1ccnc(NC)n1. The molecule has 6 nitrogen and oxygen atoms in total. The summed E-state index contributed by atoms with van der Waals surface area (Å²) in [6.07, 6.45) is 5.96. The highest BCUT2D eigenvalue weighted by Gasteiger charge is 2.28. The summed E-state index contributed by atoms with van der Waals surface area (Å²) in [6, 6.07) is 2.29. The highest BCUT2D eigenvalue weighted by atomic mass is 16.6. The molecule has 1 unspecified atom stereocenters. The van der Waals surface area contributed by atoms with Crippen molar-refractivity contribution in [2.75, 3.05) is 18.9 Å². The van der Waals surface area contributed by atoms with Crippen LogP contribution >= 0.6 is 0 Å². The van der Waals surface area contributed by atoms with Gasteiger partial charge in [0, 0.05) is 31.5 Å². The van der Waals surface area contributed by atoms with Crippen LogP contribution < -0.4 is 5.32 Å². The van der Waals surface area contributed by atoms with Gasteiger partial charge in [-0.1, -0.05) is 27.2 Å². The van der Waals surface area contributed by atoms with Crippen molar-refractivity contribution in [1.29, 1.82) is 0 Å². The molecule has 0 bridgehead atoms. The maximum atomic E-state index is 11.6. The first-order chi connectivity index (χ1) is 12.3. The molecule has 1 N–H and O–H groups in total. The topological polar surface area (TPSA) is 67.4 Å². The predicted octanol–water partition coefficient (Wildman–Crippen LogP) is 4.90. The molecule has 1 aliphatic heterocycles. The van der Waals surface area contributed by atoms with Gasteiger partial charge >= 0.3 is 6.09 Å². The van der Waals surface area contributed by atoms with Gasteiger partial charge in [0.15, 0.2) is 0 Å². The van der Waals surface area contributed by atoms with E-state index in [-0.39, 0.29) is 11.7 Å². The van der Waals surface area contributed by atoms with Crippen molar-refractivity contribution in [3.8, 4) is 0 Å². The van der Waals surface area contributed by atoms with Crippen LogP contribution in [0.1, 0.15) is 73.4 Å². The maximum Gasteiger partial charge on any atom is 0.410 e. The molecular formula is C20H38N4O2. The van der Waals surface area contributed by atoms with E-state index < -0.39 is 0 Å². The Morgan fingerprint density at radius 2 is 2.04 bits per heavy atom. The summed E-state index contributed by atoms with van der Waals surface area (Å²) < 4.78 is 5.28. The molecule has 0 aromatic carbocycles. The fourth-order valence-electron chi connectivity index (χ4n) is 2.44. The summed E-state index contributed by atoms with van der Waals surface area (Å²) in [5, 5.41) is 2.90. The van der Waals surface area contributed by atoms with Crippen molar-refractivity contribution < 1.29 is 9.53 Å². The van der Waals surface area contributed by atoms with Crippen LogP contribution in [0.3, 0.4) is 0 Å². The van der Waals surface area contributed by atoms with E-state index >= 15 is 0 Å². The molecule has 0 saturated carbocycles. The second-order valence-electron chi connectivity index (χ2n) is 7.04. The van der Waals surface area contributed by atoms with Crippen LogP contribution in [0.5, 0.6) is 0 Å². The first-order valence-electron chi connectivity index (χ1n) is 9.76. The summed E-state index contributed by atoms with van der Waals surface area (Å²) in [6.45, 7) is 14.7. The zero-order valence-corrected chi connectivity index (χ0v) is 17.9. The number of aryl methyl sites for hydroxylation is 1. The third-order valence-electron chi connectivity index (χ3n) is 3.62. The first kappa shape index (κ1) is 24.1. The Morgan fingerprint density at radius 3 is 2.50 bits per heavy atom. The minimum absolute atomic E-state index is 0.169. The van der Waals surface area contributed by atoms with E-state index in [4.69, 9.17) is 4.74 Å². The third-order valence-corrected chi connectivity index (χ3v) is 3.62. The fraction of sp³-hybridized carbons (Fsp3) is 0.750. The molecular weight excluding hydrogens is 328 g/mol. The number of aromatic nitrogens is 2. The molecule has 2 heterocycles. The molecule has 0 aliphatic carbocycles. The molecule has 1 amide bonds. The Labute approximate surface area is 159 Å². The number of hydrogen-bond acceptors (Lipinski definition) is 5. The molecule has 1 fully saturated rings. The lowest BCUT2D eigenvalue weighted by molar-refractivity contribution is 0.0239. The van der Waals surface area contributed by atoms with Gasteiger partial charge in [-0.15, -0.1) is 0 Å². The average Bonchev–Trinajstić information content (AvgIpc) is 3.02. The number of ether oxygens (including phenoxy) is 1. The number of nitrogens with one attached hydrogen (secondary N) is 1. The van der Waals surface area contributed by atoms with Gasteiger partial charge in [-0.05, 0) is 53.0 Å². The van der Waals surface area contributed by atoms with Crippen LogP contribution in [0.15, 0.2) is 12.3 Å². The lowest BCUT2D eigenvalue weighted by atomic mass is 10.2. The fourth-order valence-corrected chi connectivity index (χ4v) is 2.44. The molecule has 0 spiro atoms. The molecule has 1 atom stereocenters. The van der Waals surface area contributed by atoms with E-state index in [9.17, 15) is 4.79 Å². The van der Waals surface area contributed by atoms with Crippen LogP contribution in [0.4, 0.5) is 10.7 Å². The van der Waals surface area contributed by atoms with Crippen molar-refractivity contribution in [1.82, 2.24) is 14.9 Å². The van der Waals surface area contributed by atoms with Gasteiger partial charge in [-0.3, -0.25) is 0 Å². The van der Waals surface area contributed by atoms with E-state index in [0.29, 0.717) is 12.0 Å². The van der Waals surface area contributed by atoms with Crippen LogP contribution in [0.2, 0.25) is 0 Å². The Balaban J connectivity index is 0.000000444. The van der Waals surface area contributed by atoms with E-state index in [1.165, 1.54) is 0 Å². The minimum atomic E-state index is -0.376. The van der Waals surface area contributed by atoms with Crippen molar-refractivity contribution >= 4 is 12.0 Å². The summed E-state index contributed by atoms with van der Waals surface area (Å²) in [4.78, 5) is 21.7. The minimum Gasteiger partial charge on any atom is -0.444 e. The molecule has 2 rings (SSSR count). The second kappa shape index (κ2) is 12.5. The second-order valence-corrected chi connectivity index (χ2v) is 7.04. The van der Waals surface area contributed by atoms with E-state index in [1.807, 2.05) is 52.6 Å². The highest BCUT2D eigenvalue weighted by Crippen LogP contribution is 2.19. The number of anilines is 1. The van der Waals surface area contributed by atoms with Gasteiger partial charge in [-0.25, -0.2) is 14.8 Å². The van der Waals surface area contributed by atoms with Crippen LogP contribution in [-0.4, -0.2) is 46.2 Å². The Hall–Kier alpha value is -1.85. The quantitative estimate of drug-likeness (QED) is 0.824. The van der Waals surface area contributed by atoms with Crippen LogP contribution in [-0.2, 0) is 11.2 Å². The Morgan fingerprint density at radius 1 is 1.38 bits per heavy atom. The number of rotatable bonds is 3. The number of carbonyl (C=O) groups is 1. The Bertz CT molecular complexity index is 515. The van der Waals surface area contributed by atoms with Gasteiger partial charge in [0.05, 0.1) is 0 Å². The van der Waals surface area contributed by atoms with Gasteiger partial charge in [0.25, 0.3) is 0 Å². The van der Waals surface area contributed by atoms with E-state index in [2.05, 4.69) is 29.1 Å². The molecule has 0 radical (unpaired) electrons. The largest absolute Gasteiger partial charge is 0.444 e. The molecule has 150 valence electrons. The standard InChI is InChI=1S/C10H19NO2.C8H13N3.C2H6/c1-8-6-5-7-11(8)9(12)13-10(2,3)4;1-3-4-7-5-6-10-8(9-2)11-7;1-2/h8H,5-7H2,1-4H3;5-6H,3-4H2,1-2H3,(H,9,10,11);1-2H3. The zero-order chi connectivity index (χ0) is 20.2. The molecule has 1 aromatic heterocycles. The van der Waals surface area contributed by atoms with Crippen molar-refractivity contribution in [3.05, 3.63) is 18.0 Å². The van der Waals surface area contributed by atoms with Crippen molar-refractivity contribution in [2.45, 2.75) is 85.8 Å². The van der Waals surface area contributed by atoms with Gasteiger partial charge in [0.2, 0.25) is 5.95 Å². The highest BCUT2D eigenvalue weighted by molar-refractivity contribution is 5.68. The average molecular weight is 367 g/mol. The van der Waals surface area contributed by atoms with Crippen molar-refractivity contribution in [2.24, 2.45) is 0 Å². The number of hydrogen-bond donors (Lipinski definition) is 1. The lowest BCUT2D eigenvalue weighted by Crippen LogP contribution is -2.38. The van der Waals surface area contributed by atoms with Crippen LogP contribution in [0, 0.1) is 0 Å². The molecule has 1 saturated heterocycles. The number of amides is 1. The first-order valence-corrected chi connectivity index (χ1v) is 9.76. The monoisotopic (exact) mass is 366 g/mol. The zero-order valence-electron chi connectivity index (χ0n) is 17.9. The predicted molar refractivity (Wildman–Crippen MR) is 109 cm³/mol. The van der Waals surface area contributed by atoms with Crippen molar-refractivity contribution in [3.63, 3.8) is 0 Å². The van der Waals surface area contributed by atoms with E-state index in [0.717, 1.165) is 37.9 Å². The lowest BCUT2D eigenvalue weighted by Gasteiger charge is -2.26. The summed E-state index contributed by atoms with van der Waals surface area (Å²) in [5.41, 5.74) is 0.728. The number of likely N-dealkylation sites (tertiary alicyclic amines) is 1. The van der Waals surface area contributed by atoms with Gasteiger partial charge < -0.3 is 15.0 Å². The molecule has 6 heteroatoms. The normalized spacial score (nSPS) is 16.0. The molecule has 26 heavy (non-hydrogen) atoms. The maximum absolute atomic E-state index is 11.6. The summed E-state index contributed by atoms with van der Waals surface area (Å²) in [5.74, 6) is 0.705. The van der Waals surface area contributed by atoms with Gasteiger partial charge in [-0.2, -0.15) is 0 Å². The smallest absolute Gasteiger partial charge is 0.410 e. The Kier molecular flexibility index (Phi) is 11.6. The van der Waals surface area contributed by atoms with Crippen LogP contribution in [0.25, 0.3) is 0 Å². The molecule has 1 aliphatic rings. The van der Waals surface area contributed by atoms with Gasteiger partial charge in [0.1, 0.15) is 5.60 Å². The third kappa shape index (κ3) is 9.59. The molecule has 1 aromatic rings. The number of carbonyl (C=O) groups excluding carboxylic acids is 1. The summed E-state index contributed by atoms with van der Waals surface area (Å²) in [7, 11) is 1.82. The number of nitrogens with zero attached hydrogens (tertiary/aromatic N) is 3. The van der Waals surface area contributed by atoms with E-state index in [1.54, 1.807) is 6.20 Å².